The summed E-state index contributed by atoms with van der Waals surface area (Å²) < 4.78 is 0. The Kier molecular flexibility index (Phi) is 3.85. The van der Waals surface area contributed by atoms with Crippen molar-refractivity contribution in [2.24, 2.45) is 0 Å². The number of likely N-dealkylation sites (N-methyl/N-ethyl adjacent to an activating group) is 3. The maximum absolute atomic E-state index is 11.7. The highest BCUT2D eigenvalue weighted by Crippen LogP contribution is 2.28. The Morgan fingerprint density at radius 3 is 2.89 bits per heavy atom. The van der Waals surface area contributed by atoms with Gasteiger partial charge in [-0.3, -0.25) is 9.59 Å². The summed E-state index contributed by atoms with van der Waals surface area (Å²) >= 11 is 0. The number of rotatable bonds is 4. The van der Waals surface area contributed by atoms with Gasteiger partial charge in [0.1, 0.15) is 0 Å². The third-order valence-electron chi connectivity index (χ3n) is 3.39. The van der Waals surface area contributed by atoms with Gasteiger partial charge in [-0.1, -0.05) is 12.1 Å². The predicted octanol–water partition coefficient (Wildman–Crippen LogP) is 0.383. The fourth-order valence-corrected chi connectivity index (χ4v) is 2.27. The number of nitrogens with one attached hydrogen (secondary N) is 1. The van der Waals surface area contributed by atoms with E-state index in [1.54, 1.807) is 30.9 Å². The zero-order chi connectivity index (χ0) is 14.0. The third kappa shape index (κ3) is 2.76. The molecule has 102 valence electrons. The molecule has 1 N–H and O–H groups in total. The first-order chi connectivity index (χ1) is 9.02. The van der Waals surface area contributed by atoms with Crippen molar-refractivity contribution in [3.8, 4) is 0 Å². The van der Waals surface area contributed by atoms with E-state index >= 15 is 0 Å². The van der Waals surface area contributed by atoms with Crippen LogP contribution in [-0.2, 0) is 22.6 Å². The number of amides is 2. The minimum absolute atomic E-state index is 0.0520. The molecular weight excluding hydrogens is 242 g/mol. The molecule has 1 aromatic rings. The molecule has 0 bridgehead atoms. The van der Waals surface area contributed by atoms with Gasteiger partial charge in [-0.25, -0.2) is 0 Å². The number of hydrogen-bond acceptors (Lipinski definition) is 3. The van der Waals surface area contributed by atoms with E-state index in [1.165, 1.54) is 0 Å². The number of anilines is 1. The van der Waals surface area contributed by atoms with Gasteiger partial charge in [0.2, 0.25) is 11.8 Å². The Hall–Kier alpha value is -1.88. The number of hydrogen-bond donors (Lipinski definition) is 1. The minimum atomic E-state index is 0.0520. The molecule has 1 aromatic carbocycles. The van der Waals surface area contributed by atoms with Gasteiger partial charge in [0.15, 0.2) is 0 Å². The number of nitrogens with zero attached hydrogens (tertiary/aromatic N) is 2. The predicted molar refractivity (Wildman–Crippen MR) is 74.0 cm³/mol. The molecule has 1 aliphatic heterocycles. The van der Waals surface area contributed by atoms with Gasteiger partial charge in [-0.2, -0.15) is 0 Å². The monoisotopic (exact) mass is 261 g/mol. The van der Waals surface area contributed by atoms with Gasteiger partial charge in [0.05, 0.1) is 13.0 Å². The smallest absolute Gasteiger partial charge is 0.236 e. The van der Waals surface area contributed by atoms with Crippen LogP contribution in [0.4, 0.5) is 5.69 Å². The molecule has 0 fully saturated rings. The highest BCUT2D eigenvalue weighted by Gasteiger charge is 2.24. The number of carbonyl (C=O) groups excluding carboxylic acids is 2. The van der Waals surface area contributed by atoms with E-state index in [4.69, 9.17) is 0 Å². The van der Waals surface area contributed by atoms with Crippen molar-refractivity contribution in [3.05, 3.63) is 29.3 Å². The van der Waals surface area contributed by atoms with Crippen molar-refractivity contribution in [1.29, 1.82) is 0 Å². The van der Waals surface area contributed by atoms with E-state index in [1.807, 2.05) is 18.2 Å². The maximum atomic E-state index is 11.7. The molecule has 0 aromatic heterocycles. The lowest BCUT2D eigenvalue weighted by molar-refractivity contribution is -0.129. The van der Waals surface area contributed by atoms with Gasteiger partial charge >= 0.3 is 0 Å². The third-order valence-corrected chi connectivity index (χ3v) is 3.39. The van der Waals surface area contributed by atoms with Crippen molar-refractivity contribution < 1.29 is 9.59 Å². The first-order valence-corrected chi connectivity index (χ1v) is 6.30. The molecule has 0 saturated heterocycles. The molecule has 0 aliphatic carbocycles. The molecule has 5 nitrogen and oxygen atoms in total. The quantitative estimate of drug-likeness (QED) is 0.852. The van der Waals surface area contributed by atoms with Gasteiger partial charge in [0.25, 0.3) is 0 Å². The summed E-state index contributed by atoms with van der Waals surface area (Å²) in [6, 6.07) is 5.93. The van der Waals surface area contributed by atoms with Crippen LogP contribution in [0.25, 0.3) is 0 Å². The van der Waals surface area contributed by atoms with Crippen LogP contribution in [-0.4, -0.2) is 44.4 Å². The summed E-state index contributed by atoms with van der Waals surface area (Å²) in [5, 5.41) is 2.84. The summed E-state index contributed by atoms with van der Waals surface area (Å²) in [4.78, 5) is 26.7. The van der Waals surface area contributed by atoms with Crippen molar-refractivity contribution in [2.75, 3.05) is 32.6 Å². The molecular formula is C14H19N3O2. The zero-order valence-electron chi connectivity index (χ0n) is 11.6. The molecule has 0 atom stereocenters. The Balaban J connectivity index is 2.10. The van der Waals surface area contributed by atoms with E-state index in [9.17, 15) is 9.59 Å². The number of carbonyl (C=O) groups is 2. The fourth-order valence-electron chi connectivity index (χ4n) is 2.27. The zero-order valence-corrected chi connectivity index (χ0v) is 11.6. The van der Waals surface area contributed by atoms with Crippen LogP contribution in [0.2, 0.25) is 0 Å². The molecule has 5 heteroatoms. The highest BCUT2D eigenvalue weighted by molar-refractivity contribution is 6.00. The SMILES string of the molecule is CNCC(=O)N(C)Cc1ccc2c(c1)CC(=O)N2C. The Morgan fingerprint density at radius 1 is 1.47 bits per heavy atom. The summed E-state index contributed by atoms with van der Waals surface area (Å²) in [6.45, 7) is 0.897. The van der Waals surface area contributed by atoms with E-state index in [2.05, 4.69) is 5.32 Å². The first-order valence-electron chi connectivity index (χ1n) is 6.30. The topological polar surface area (TPSA) is 52.7 Å². The van der Waals surface area contributed by atoms with Gasteiger partial charge < -0.3 is 15.1 Å². The van der Waals surface area contributed by atoms with Gasteiger partial charge in [0, 0.05) is 26.3 Å². The van der Waals surface area contributed by atoms with Crippen LogP contribution in [0.1, 0.15) is 11.1 Å². The second-order valence-electron chi connectivity index (χ2n) is 4.87. The Labute approximate surface area is 113 Å². The van der Waals surface area contributed by atoms with Gasteiger partial charge in [-0.05, 0) is 24.2 Å². The average molecular weight is 261 g/mol. The minimum Gasteiger partial charge on any atom is -0.340 e. The Bertz CT molecular complexity index is 513. The first kappa shape index (κ1) is 13.5. The van der Waals surface area contributed by atoms with Crippen LogP contribution in [0.5, 0.6) is 0 Å². The number of fused-ring (bicyclic) bond motifs is 1. The fraction of sp³-hybridized carbons (Fsp3) is 0.429. The van der Waals surface area contributed by atoms with E-state index in [0.717, 1.165) is 16.8 Å². The van der Waals surface area contributed by atoms with Gasteiger partial charge in [-0.15, -0.1) is 0 Å². The van der Waals surface area contributed by atoms with Crippen LogP contribution >= 0.6 is 0 Å². The summed E-state index contributed by atoms with van der Waals surface area (Å²) in [5.41, 5.74) is 3.06. The van der Waals surface area contributed by atoms with Crippen molar-refractivity contribution in [1.82, 2.24) is 10.2 Å². The summed E-state index contributed by atoms with van der Waals surface area (Å²) in [7, 11) is 5.32. The highest BCUT2D eigenvalue weighted by atomic mass is 16.2. The second-order valence-corrected chi connectivity index (χ2v) is 4.87. The molecule has 0 unspecified atom stereocenters. The molecule has 0 saturated carbocycles. The molecule has 2 rings (SSSR count). The lowest BCUT2D eigenvalue weighted by Gasteiger charge is -2.18. The standard InChI is InChI=1S/C14H19N3O2/c1-15-8-14(19)16(2)9-10-4-5-12-11(6-10)7-13(18)17(12)3/h4-6,15H,7-9H2,1-3H3. The van der Waals surface area contributed by atoms with E-state index in [-0.39, 0.29) is 11.8 Å². The van der Waals surface area contributed by atoms with Crippen LogP contribution < -0.4 is 10.2 Å². The van der Waals surface area contributed by atoms with Crippen LogP contribution in [0.3, 0.4) is 0 Å². The Morgan fingerprint density at radius 2 is 2.21 bits per heavy atom. The molecule has 2 amide bonds. The second kappa shape index (κ2) is 5.40. The van der Waals surface area contributed by atoms with Crippen molar-refractivity contribution in [2.45, 2.75) is 13.0 Å². The van der Waals surface area contributed by atoms with Crippen LogP contribution in [0.15, 0.2) is 18.2 Å². The molecule has 19 heavy (non-hydrogen) atoms. The lowest BCUT2D eigenvalue weighted by Crippen LogP contribution is -2.33. The molecule has 0 radical (unpaired) electrons. The average Bonchev–Trinajstić information content (AvgIpc) is 2.65. The van der Waals surface area contributed by atoms with Crippen LogP contribution in [0, 0.1) is 0 Å². The largest absolute Gasteiger partial charge is 0.340 e. The van der Waals surface area contributed by atoms with E-state index in [0.29, 0.717) is 19.5 Å². The lowest BCUT2D eigenvalue weighted by atomic mass is 10.1. The summed E-state index contributed by atoms with van der Waals surface area (Å²) in [6.07, 6.45) is 0.452. The van der Waals surface area contributed by atoms with Crippen molar-refractivity contribution >= 4 is 17.5 Å². The van der Waals surface area contributed by atoms with Crippen molar-refractivity contribution in [3.63, 3.8) is 0 Å². The summed E-state index contributed by atoms with van der Waals surface area (Å²) in [5.74, 6) is 0.169. The molecule has 1 aliphatic rings. The molecule has 1 heterocycles. The maximum Gasteiger partial charge on any atom is 0.236 e. The number of benzene rings is 1. The van der Waals surface area contributed by atoms with E-state index < -0.39 is 0 Å². The normalized spacial score (nSPS) is 13.6. The molecule has 0 spiro atoms.